The average Bonchev–Trinajstić information content (AvgIpc) is 3.19. The number of aromatic nitrogens is 2. The maximum absolute atomic E-state index is 10.3. The molecule has 0 amide bonds. The first-order valence-electron chi connectivity index (χ1n) is 8.03. The first-order chi connectivity index (χ1) is 9.78. The second-order valence-electron chi connectivity index (χ2n) is 6.39. The van der Waals surface area contributed by atoms with Gasteiger partial charge in [0, 0.05) is 19.7 Å². The minimum absolute atomic E-state index is 0.0187. The Hall–Kier alpha value is -0.870. The van der Waals surface area contributed by atoms with Gasteiger partial charge in [0.1, 0.15) is 0 Å². The molecule has 4 nitrogen and oxygen atoms in total. The van der Waals surface area contributed by atoms with Crippen LogP contribution in [0.3, 0.4) is 0 Å². The molecule has 20 heavy (non-hydrogen) atoms. The summed E-state index contributed by atoms with van der Waals surface area (Å²) in [5, 5.41) is 15.0. The summed E-state index contributed by atoms with van der Waals surface area (Å²) in [4.78, 5) is 0. The molecule has 112 valence electrons. The van der Waals surface area contributed by atoms with Crippen LogP contribution in [0.1, 0.15) is 56.7 Å². The smallest absolute Gasteiger partial charge is 0.0862 e. The van der Waals surface area contributed by atoms with Crippen LogP contribution < -0.4 is 0 Å². The molecular weight excluding hydrogens is 252 g/mol. The lowest BCUT2D eigenvalue weighted by Crippen LogP contribution is -2.32. The van der Waals surface area contributed by atoms with E-state index in [2.05, 4.69) is 22.0 Å². The zero-order valence-electron chi connectivity index (χ0n) is 12.4. The van der Waals surface area contributed by atoms with Gasteiger partial charge >= 0.3 is 0 Å². The molecule has 2 saturated carbocycles. The number of hydrogen-bond acceptors (Lipinski definition) is 3. The van der Waals surface area contributed by atoms with Gasteiger partial charge in [-0.3, -0.25) is 4.68 Å². The summed E-state index contributed by atoms with van der Waals surface area (Å²) in [6.07, 6.45) is 11.1. The van der Waals surface area contributed by atoms with Crippen LogP contribution >= 0.6 is 0 Å². The summed E-state index contributed by atoms with van der Waals surface area (Å²) < 4.78 is 7.56. The van der Waals surface area contributed by atoms with Gasteiger partial charge in [0.2, 0.25) is 0 Å². The Morgan fingerprint density at radius 3 is 2.70 bits per heavy atom. The van der Waals surface area contributed by atoms with Crippen LogP contribution in [0.25, 0.3) is 0 Å². The van der Waals surface area contributed by atoms with Crippen LogP contribution in [0.2, 0.25) is 0 Å². The van der Waals surface area contributed by atoms with Crippen molar-refractivity contribution in [3.63, 3.8) is 0 Å². The van der Waals surface area contributed by atoms with Crippen molar-refractivity contribution in [2.24, 2.45) is 5.92 Å². The molecule has 2 aliphatic rings. The highest BCUT2D eigenvalue weighted by molar-refractivity contribution is 5.03. The second kappa shape index (κ2) is 6.27. The van der Waals surface area contributed by atoms with Crippen molar-refractivity contribution in [3.05, 3.63) is 18.0 Å². The van der Waals surface area contributed by atoms with Gasteiger partial charge in [-0.15, -0.1) is 0 Å². The molecule has 2 atom stereocenters. The molecule has 1 aromatic heterocycles. The molecule has 3 rings (SSSR count). The Morgan fingerprint density at radius 2 is 2.05 bits per heavy atom. The largest absolute Gasteiger partial charge is 0.390 e. The van der Waals surface area contributed by atoms with E-state index in [-0.39, 0.29) is 6.10 Å². The molecule has 2 fully saturated rings. The predicted molar refractivity (Wildman–Crippen MR) is 77.6 cm³/mol. The third-order valence-corrected chi connectivity index (χ3v) is 4.77. The zero-order valence-corrected chi connectivity index (χ0v) is 12.4. The van der Waals surface area contributed by atoms with Crippen LogP contribution in [-0.4, -0.2) is 34.2 Å². The molecule has 2 unspecified atom stereocenters. The summed E-state index contributed by atoms with van der Waals surface area (Å²) in [6.45, 7) is 0. The van der Waals surface area contributed by atoms with E-state index in [0.717, 1.165) is 5.69 Å². The van der Waals surface area contributed by atoms with Gasteiger partial charge in [0.05, 0.1) is 23.9 Å². The van der Waals surface area contributed by atoms with E-state index in [4.69, 9.17) is 4.74 Å². The number of ether oxygens (including phenoxy) is 1. The average molecular weight is 278 g/mol. The van der Waals surface area contributed by atoms with Crippen molar-refractivity contribution in [2.45, 2.75) is 69.6 Å². The van der Waals surface area contributed by atoms with Crippen molar-refractivity contribution in [1.82, 2.24) is 9.78 Å². The van der Waals surface area contributed by atoms with Crippen LogP contribution in [0.5, 0.6) is 0 Å². The highest BCUT2D eigenvalue weighted by atomic mass is 16.5. The normalized spacial score (nSPS) is 23.7. The summed E-state index contributed by atoms with van der Waals surface area (Å²) >= 11 is 0. The predicted octanol–water partition coefficient (Wildman–Crippen LogP) is 2.72. The summed E-state index contributed by atoms with van der Waals surface area (Å²) in [5.74, 6) is 0.551. The quantitative estimate of drug-likeness (QED) is 0.870. The van der Waals surface area contributed by atoms with E-state index >= 15 is 0 Å². The van der Waals surface area contributed by atoms with Crippen molar-refractivity contribution < 1.29 is 9.84 Å². The van der Waals surface area contributed by atoms with E-state index in [1.165, 1.54) is 44.9 Å². The lowest BCUT2D eigenvalue weighted by molar-refractivity contribution is -0.0242. The lowest BCUT2D eigenvalue weighted by atomic mass is 9.96. The third-order valence-electron chi connectivity index (χ3n) is 4.77. The van der Waals surface area contributed by atoms with Crippen molar-refractivity contribution in [2.75, 3.05) is 7.11 Å². The number of aliphatic hydroxyl groups is 1. The molecule has 4 heteroatoms. The Balaban J connectivity index is 1.58. The number of rotatable bonds is 6. The Labute approximate surface area is 121 Å². The van der Waals surface area contributed by atoms with Gasteiger partial charge in [-0.2, -0.15) is 5.10 Å². The van der Waals surface area contributed by atoms with Crippen molar-refractivity contribution in [1.29, 1.82) is 0 Å². The van der Waals surface area contributed by atoms with Crippen LogP contribution in [0, 0.1) is 5.92 Å². The van der Waals surface area contributed by atoms with Crippen LogP contribution in [-0.2, 0) is 11.2 Å². The van der Waals surface area contributed by atoms with E-state index in [0.29, 0.717) is 18.4 Å². The summed E-state index contributed by atoms with van der Waals surface area (Å²) in [5.41, 5.74) is 0.991. The molecule has 1 aromatic rings. The lowest BCUT2D eigenvalue weighted by Gasteiger charge is -2.22. The third kappa shape index (κ3) is 3.23. The molecule has 1 heterocycles. The maximum Gasteiger partial charge on any atom is 0.0862 e. The number of nitrogens with zero attached hydrogens (tertiary/aromatic N) is 2. The number of aliphatic hydroxyl groups excluding tert-OH is 1. The molecular formula is C16H26N2O2. The summed E-state index contributed by atoms with van der Waals surface area (Å²) in [6, 6.07) is 2.62. The van der Waals surface area contributed by atoms with Gasteiger partial charge < -0.3 is 9.84 Å². The highest BCUT2D eigenvalue weighted by Crippen LogP contribution is 2.36. The van der Waals surface area contributed by atoms with Gasteiger partial charge in [0.25, 0.3) is 0 Å². The standard InChI is InChI=1S/C16H26N2O2/c1-20-16(12-7-8-12)15(19)11-13-9-10-18(17-13)14-5-3-2-4-6-14/h9-10,12,14-16,19H,2-8,11H2,1H3. The minimum Gasteiger partial charge on any atom is -0.390 e. The fourth-order valence-electron chi connectivity index (χ4n) is 3.45. The fourth-order valence-corrected chi connectivity index (χ4v) is 3.45. The maximum atomic E-state index is 10.3. The van der Waals surface area contributed by atoms with Crippen LogP contribution in [0.15, 0.2) is 12.3 Å². The zero-order chi connectivity index (χ0) is 13.9. The Kier molecular flexibility index (Phi) is 4.41. The topological polar surface area (TPSA) is 47.3 Å². The SMILES string of the molecule is COC(C(O)Cc1ccn(C2CCCCC2)n1)C1CC1. The van der Waals surface area contributed by atoms with E-state index in [9.17, 15) is 5.11 Å². The fraction of sp³-hybridized carbons (Fsp3) is 0.812. The molecule has 2 aliphatic carbocycles. The second-order valence-corrected chi connectivity index (χ2v) is 6.39. The highest BCUT2D eigenvalue weighted by Gasteiger charge is 2.36. The number of hydrogen-bond donors (Lipinski definition) is 1. The van der Waals surface area contributed by atoms with E-state index in [1.807, 2.05) is 0 Å². The first kappa shape index (κ1) is 14.1. The molecule has 0 radical (unpaired) electrons. The van der Waals surface area contributed by atoms with Gasteiger partial charge in [-0.25, -0.2) is 0 Å². The Morgan fingerprint density at radius 1 is 1.30 bits per heavy atom. The Bertz CT molecular complexity index is 422. The van der Waals surface area contributed by atoms with Crippen LogP contribution in [0.4, 0.5) is 0 Å². The molecule has 0 bridgehead atoms. The molecule has 0 spiro atoms. The van der Waals surface area contributed by atoms with Crippen molar-refractivity contribution in [3.8, 4) is 0 Å². The summed E-state index contributed by atoms with van der Waals surface area (Å²) in [7, 11) is 1.70. The first-order valence-corrected chi connectivity index (χ1v) is 8.03. The van der Waals surface area contributed by atoms with E-state index in [1.54, 1.807) is 7.11 Å². The monoisotopic (exact) mass is 278 g/mol. The van der Waals surface area contributed by atoms with Crippen molar-refractivity contribution >= 4 is 0 Å². The molecule has 0 aliphatic heterocycles. The van der Waals surface area contributed by atoms with Gasteiger partial charge in [-0.1, -0.05) is 19.3 Å². The number of methoxy groups -OCH3 is 1. The molecule has 0 saturated heterocycles. The van der Waals surface area contributed by atoms with E-state index < -0.39 is 6.10 Å². The molecule has 0 aromatic carbocycles. The molecule has 1 N–H and O–H groups in total. The minimum atomic E-state index is -0.429. The van der Waals surface area contributed by atoms with Gasteiger partial charge in [0.15, 0.2) is 0 Å². The van der Waals surface area contributed by atoms with Gasteiger partial charge in [-0.05, 0) is 37.7 Å².